The van der Waals surface area contributed by atoms with Crippen molar-refractivity contribution >= 4 is 5.97 Å². The van der Waals surface area contributed by atoms with Gasteiger partial charge in [-0.15, -0.1) is 0 Å². The van der Waals surface area contributed by atoms with Gasteiger partial charge in [-0.25, -0.2) is 0 Å². The summed E-state index contributed by atoms with van der Waals surface area (Å²) in [5, 5.41) is 9.03. The number of carboxylic acid groups (broad SMARTS) is 1. The van der Waals surface area contributed by atoms with Gasteiger partial charge in [-0.1, -0.05) is 26.7 Å². The van der Waals surface area contributed by atoms with E-state index in [0.717, 1.165) is 25.7 Å². The Morgan fingerprint density at radius 3 is 2.08 bits per heavy atom. The fraction of sp³-hybridized carbons (Fsp3) is 0.900. The molecule has 1 aliphatic carbocycles. The molecule has 0 unspecified atom stereocenters. The van der Waals surface area contributed by atoms with Crippen molar-refractivity contribution in [1.29, 1.82) is 0 Å². The van der Waals surface area contributed by atoms with E-state index < -0.39 is 11.4 Å². The Labute approximate surface area is 79.3 Å². The van der Waals surface area contributed by atoms with E-state index in [9.17, 15) is 4.79 Å². The van der Waals surface area contributed by atoms with Gasteiger partial charge in [-0.2, -0.15) is 0 Å². The van der Waals surface area contributed by atoms with Crippen molar-refractivity contribution in [2.45, 2.75) is 39.5 Å². The predicted octanol–water partition coefficient (Wildman–Crippen LogP) is 1.62. The molecule has 0 spiro atoms. The Morgan fingerprint density at radius 2 is 1.85 bits per heavy atom. The molecular weight excluding hydrogens is 166 g/mol. The molecule has 0 atom stereocenters. The molecule has 0 aromatic carbocycles. The van der Waals surface area contributed by atoms with E-state index in [1.165, 1.54) is 0 Å². The molecule has 0 saturated heterocycles. The molecule has 0 radical (unpaired) electrons. The summed E-state index contributed by atoms with van der Waals surface area (Å²) < 4.78 is 0. The van der Waals surface area contributed by atoms with Crippen LogP contribution in [0.5, 0.6) is 0 Å². The minimum atomic E-state index is -0.715. The molecule has 0 amide bonds. The first kappa shape index (κ1) is 10.5. The van der Waals surface area contributed by atoms with E-state index in [1.807, 2.05) is 0 Å². The predicted molar refractivity (Wildman–Crippen MR) is 51.4 cm³/mol. The van der Waals surface area contributed by atoms with Gasteiger partial charge in [0.05, 0.1) is 5.41 Å². The SMILES string of the molecule is CCC1(CC)CC(CN)(C(=O)O)C1. The summed E-state index contributed by atoms with van der Waals surface area (Å²) in [6.45, 7) is 4.54. The van der Waals surface area contributed by atoms with E-state index in [2.05, 4.69) is 13.8 Å². The van der Waals surface area contributed by atoms with Gasteiger partial charge in [-0.3, -0.25) is 4.79 Å². The van der Waals surface area contributed by atoms with Gasteiger partial charge in [0, 0.05) is 6.54 Å². The van der Waals surface area contributed by atoms with Crippen LogP contribution in [0, 0.1) is 10.8 Å². The molecule has 1 saturated carbocycles. The van der Waals surface area contributed by atoms with Crippen molar-refractivity contribution in [3.63, 3.8) is 0 Å². The Hall–Kier alpha value is -0.570. The molecule has 3 heteroatoms. The van der Waals surface area contributed by atoms with Gasteiger partial charge >= 0.3 is 5.97 Å². The molecule has 3 N–H and O–H groups in total. The number of hydrogen-bond donors (Lipinski definition) is 2. The van der Waals surface area contributed by atoms with E-state index in [4.69, 9.17) is 10.8 Å². The summed E-state index contributed by atoms with van der Waals surface area (Å²) in [5.74, 6) is -0.715. The summed E-state index contributed by atoms with van der Waals surface area (Å²) >= 11 is 0. The van der Waals surface area contributed by atoms with Crippen LogP contribution < -0.4 is 5.73 Å². The Balaban J connectivity index is 2.67. The van der Waals surface area contributed by atoms with Crippen molar-refractivity contribution < 1.29 is 9.90 Å². The smallest absolute Gasteiger partial charge is 0.310 e. The molecule has 0 aromatic rings. The first-order chi connectivity index (χ1) is 6.04. The summed E-state index contributed by atoms with van der Waals surface area (Å²) in [7, 11) is 0. The van der Waals surface area contributed by atoms with Gasteiger partial charge in [-0.05, 0) is 18.3 Å². The van der Waals surface area contributed by atoms with Crippen LogP contribution in [0.1, 0.15) is 39.5 Å². The highest BCUT2D eigenvalue weighted by Gasteiger charge is 2.56. The summed E-state index contributed by atoms with van der Waals surface area (Å²) in [6, 6.07) is 0. The van der Waals surface area contributed by atoms with Crippen molar-refractivity contribution in [3.05, 3.63) is 0 Å². The minimum absolute atomic E-state index is 0.262. The first-order valence-electron chi connectivity index (χ1n) is 4.98. The van der Waals surface area contributed by atoms with Gasteiger partial charge in [0.25, 0.3) is 0 Å². The van der Waals surface area contributed by atoms with Crippen LogP contribution in [0.15, 0.2) is 0 Å². The number of carboxylic acids is 1. The second-order valence-corrected chi connectivity index (χ2v) is 4.35. The van der Waals surface area contributed by atoms with Crippen LogP contribution >= 0.6 is 0 Å². The highest BCUT2D eigenvalue weighted by molar-refractivity contribution is 5.76. The Bertz CT molecular complexity index is 201. The largest absolute Gasteiger partial charge is 0.481 e. The van der Waals surface area contributed by atoms with Crippen molar-refractivity contribution in [3.8, 4) is 0 Å². The van der Waals surface area contributed by atoms with E-state index in [1.54, 1.807) is 0 Å². The lowest BCUT2D eigenvalue weighted by atomic mass is 9.50. The molecule has 0 heterocycles. The third-order valence-corrected chi connectivity index (χ3v) is 3.77. The van der Waals surface area contributed by atoms with Crippen LogP contribution in [0.25, 0.3) is 0 Å². The van der Waals surface area contributed by atoms with E-state index in [-0.39, 0.29) is 12.0 Å². The molecule has 1 rings (SSSR count). The number of hydrogen-bond acceptors (Lipinski definition) is 2. The highest BCUT2D eigenvalue weighted by Crippen LogP contribution is 2.57. The van der Waals surface area contributed by atoms with Crippen molar-refractivity contribution in [2.24, 2.45) is 16.6 Å². The zero-order chi connectivity index (χ0) is 10.1. The van der Waals surface area contributed by atoms with Gasteiger partial charge in [0.1, 0.15) is 0 Å². The van der Waals surface area contributed by atoms with E-state index >= 15 is 0 Å². The number of nitrogens with two attached hydrogens (primary N) is 1. The zero-order valence-electron chi connectivity index (χ0n) is 8.47. The first-order valence-corrected chi connectivity index (χ1v) is 4.98. The van der Waals surface area contributed by atoms with Crippen LogP contribution in [-0.4, -0.2) is 17.6 Å². The van der Waals surface area contributed by atoms with Gasteiger partial charge in [0.15, 0.2) is 0 Å². The number of rotatable bonds is 4. The van der Waals surface area contributed by atoms with Crippen molar-refractivity contribution in [1.82, 2.24) is 0 Å². The summed E-state index contributed by atoms with van der Waals surface area (Å²) in [6.07, 6.45) is 3.66. The molecule has 0 aliphatic heterocycles. The lowest BCUT2D eigenvalue weighted by molar-refractivity contribution is -0.165. The summed E-state index contributed by atoms with van der Waals surface area (Å²) in [4.78, 5) is 11.0. The Kier molecular flexibility index (Phi) is 2.66. The maximum atomic E-state index is 11.0. The average molecular weight is 185 g/mol. The zero-order valence-corrected chi connectivity index (χ0v) is 8.47. The average Bonchev–Trinajstić information content (AvgIpc) is 2.05. The molecule has 3 nitrogen and oxygen atoms in total. The maximum absolute atomic E-state index is 11.0. The van der Waals surface area contributed by atoms with Crippen LogP contribution in [0.4, 0.5) is 0 Å². The highest BCUT2D eigenvalue weighted by atomic mass is 16.4. The fourth-order valence-electron chi connectivity index (χ4n) is 2.52. The molecular formula is C10H19NO2. The number of carbonyl (C=O) groups is 1. The number of aliphatic carboxylic acids is 1. The molecule has 13 heavy (non-hydrogen) atoms. The topological polar surface area (TPSA) is 63.3 Å². The Morgan fingerprint density at radius 1 is 1.38 bits per heavy atom. The lowest BCUT2D eigenvalue weighted by Crippen LogP contribution is -2.54. The van der Waals surface area contributed by atoms with Crippen molar-refractivity contribution in [2.75, 3.05) is 6.54 Å². The molecule has 0 bridgehead atoms. The standard InChI is InChI=1S/C10H19NO2/c1-3-9(4-2)5-10(6-9,7-11)8(12)13/h3-7,11H2,1-2H3,(H,12,13). The van der Waals surface area contributed by atoms with Gasteiger partial charge in [0.2, 0.25) is 0 Å². The summed E-state index contributed by atoms with van der Waals surface area (Å²) in [5.41, 5.74) is 5.18. The molecule has 76 valence electrons. The third kappa shape index (κ3) is 1.46. The molecule has 1 aliphatic rings. The second-order valence-electron chi connectivity index (χ2n) is 4.35. The van der Waals surface area contributed by atoms with Gasteiger partial charge < -0.3 is 10.8 Å². The molecule has 0 aromatic heterocycles. The third-order valence-electron chi connectivity index (χ3n) is 3.77. The van der Waals surface area contributed by atoms with Crippen LogP contribution in [0.3, 0.4) is 0 Å². The van der Waals surface area contributed by atoms with Crippen LogP contribution in [-0.2, 0) is 4.79 Å². The fourth-order valence-corrected chi connectivity index (χ4v) is 2.52. The lowest BCUT2D eigenvalue weighted by Gasteiger charge is -2.53. The minimum Gasteiger partial charge on any atom is -0.481 e. The quantitative estimate of drug-likeness (QED) is 0.699. The van der Waals surface area contributed by atoms with Crippen LogP contribution in [0.2, 0.25) is 0 Å². The maximum Gasteiger partial charge on any atom is 0.310 e. The molecule has 1 fully saturated rings. The monoisotopic (exact) mass is 185 g/mol. The normalized spacial score (nSPS) is 23.6. The second kappa shape index (κ2) is 3.29. The van der Waals surface area contributed by atoms with E-state index in [0.29, 0.717) is 0 Å².